The van der Waals surface area contributed by atoms with Crippen LogP contribution in [0.5, 0.6) is 5.75 Å². The fourth-order valence-corrected chi connectivity index (χ4v) is 2.73. The predicted octanol–water partition coefficient (Wildman–Crippen LogP) is 2.96. The van der Waals surface area contributed by atoms with Crippen molar-refractivity contribution < 1.29 is 14.3 Å². The van der Waals surface area contributed by atoms with E-state index in [1.54, 1.807) is 24.3 Å². The van der Waals surface area contributed by atoms with Crippen LogP contribution in [-0.4, -0.2) is 24.3 Å². The Bertz CT molecular complexity index is 513. The molecule has 2 unspecified atom stereocenters. The highest BCUT2D eigenvalue weighted by atomic mass is 16.5. The van der Waals surface area contributed by atoms with Gasteiger partial charge < -0.3 is 10.1 Å². The number of carbonyl (C=O) groups excluding carboxylic acids is 2. The van der Waals surface area contributed by atoms with Crippen molar-refractivity contribution in [1.82, 2.24) is 5.32 Å². The van der Waals surface area contributed by atoms with Gasteiger partial charge in [0.1, 0.15) is 5.75 Å². The maximum absolute atomic E-state index is 11.9. The number of hydrogen-bond donors (Lipinski definition) is 1. The van der Waals surface area contributed by atoms with Crippen molar-refractivity contribution in [3.05, 3.63) is 29.8 Å². The molecule has 1 aromatic rings. The molecule has 4 heteroatoms. The average Bonchev–Trinajstić information content (AvgIpc) is 2.48. The first-order valence-electron chi connectivity index (χ1n) is 7.59. The van der Waals surface area contributed by atoms with Gasteiger partial charge in [0.2, 0.25) is 0 Å². The van der Waals surface area contributed by atoms with Gasteiger partial charge in [-0.1, -0.05) is 31.9 Å². The lowest BCUT2D eigenvalue weighted by atomic mass is 9.86. The number of amides is 1. The molecule has 0 bridgehead atoms. The minimum Gasteiger partial charge on any atom is -0.484 e. The van der Waals surface area contributed by atoms with Crippen molar-refractivity contribution in [2.75, 3.05) is 6.61 Å². The van der Waals surface area contributed by atoms with Crippen LogP contribution in [-0.2, 0) is 4.79 Å². The zero-order chi connectivity index (χ0) is 15.2. The van der Waals surface area contributed by atoms with E-state index in [0.29, 0.717) is 17.2 Å². The first kappa shape index (κ1) is 15.5. The number of Topliss-reactive ketones (excluding diaryl/α,β-unsaturated/α-hetero) is 1. The molecule has 1 N–H and O–H groups in total. The van der Waals surface area contributed by atoms with Crippen LogP contribution in [0, 0.1) is 5.92 Å². The first-order valence-corrected chi connectivity index (χ1v) is 7.59. The van der Waals surface area contributed by atoms with Crippen molar-refractivity contribution in [2.24, 2.45) is 5.92 Å². The molecular formula is C17H23NO3. The molecule has 1 aromatic carbocycles. The van der Waals surface area contributed by atoms with Crippen LogP contribution in [0.15, 0.2) is 24.3 Å². The summed E-state index contributed by atoms with van der Waals surface area (Å²) in [6, 6.07) is 7.17. The van der Waals surface area contributed by atoms with Crippen LogP contribution in [0.2, 0.25) is 0 Å². The van der Waals surface area contributed by atoms with Crippen LogP contribution in [0.4, 0.5) is 0 Å². The van der Waals surface area contributed by atoms with Gasteiger partial charge in [-0.25, -0.2) is 0 Å². The Morgan fingerprint density at radius 3 is 2.76 bits per heavy atom. The van der Waals surface area contributed by atoms with Gasteiger partial charge in [0.15, 0.2) is 12.4 Å². The van der Waals surface area contributed by atoms with E-state index >= 15 is 0 Å². The van der Waals surface area contributed by atoms with Gasteiger partial charge in [-0.3, -0.25) is 9.59 Å². The summed E-state index contributed by atoms with van der Waals surface area (Å²) in [5.74, 6) is 0.973. The average molecular weight is 289 g/mol. The highest BCUT2D eigenvalue weighted by molar-refractivity contribution is 5.94. The Kier molecular flexibility index (Phi) is 5.37. The first-order chi connectivity index (χ1) is 10.1. The number of ether oxygens (including phenoxy) is 1. The molecule has 0 heterocycles. The topological polar surface area (TPSA) is 55.4 Å². The number of benzene rings is 1. The van der Waals surface area contributed by atoms with Crippen molar-refractivity contribution in [3.8, 4) is 5.75 Å². The predicted molar refractivity (Wildman–Crippen MR) is 81.5 cm³/mol. The van der Waals surface area contributed by atoms with E-state index in [-0.39, 0.29) is 24.3 Å². The number of carbonyl (C=O) groups is 2. The van der Waals surface area contributed by atoms with Gasteiger partial charge >= 0.3 is 0 Å². The highest BCUT2D eigenvalue weighted by Gasteiger charge is 2.22. The summed E-state index contributed by atoms with van der Waals surface area (Å²) >= 11 is 0. The fourth-order valence-electron chi connectivity index (χ4n) is 2.73. The molecule has 1 saturated carbocycles. The van der Waals surface area contributed by atoms with Gasteiger partial charge in [-0.05, 0) is 37.8 Å². The molecule has 4 nitrogen and oxygen atoms in total. The molecule has 0 saturated heterocycles. The summed E-state index contributed by atoms with van der Waals surface area (Å²) < 4.78 is 5.47. The third-order valence-corrected chi connectivity index (χ3v) is 4.07. The van der Waals surface area contributed by atoms with Crippen LogP contribution < -0.4 is 10.1 Å². The number of hydrogen-bond acceptors (Lipinski definition) is 3. The van der Waals surface area contributed by atoms with Crippen LogP contribution in [0.1, 0.15) is 49.9 Å². The smallest absolute Gasteiger partial charge is 0.258 e. The van der Waals surface area contributed by atoms with Gasteiger partial charge in [-0.2, -0.15) is 0 Å². The lowest BCUT2D eigenvalue weighted by Gasteiger charge is -2.29. The number of ketones is 1. The Morgan fingerprint density at radius 1 is 1.29 bits per heavy atom. The van der Waals surface area contributed by atoms with E-state index in [1.165, 1.54) is 26.2 Å². The zero-order valence-corrected chi connectivity index (χ0v) is 12.7. The van der Waals surface area contributed by atoms with E-state index in [1.807, 2.05) is 0 Å². The highest BCUT2D eigenvalue weighted by Crippen LogP contribution is 2.23. The Balaban J connectivity index is 1.83. The van der Waals surface area contributed by atoms with E-state index in [9.17, 15) is 9.59 Å². The van der Waals surface area contributed by atoms with Crippen molar-refractivity contribution in [1.29, 1.82) is 0 Å². The molecule has 1 amide bonds. The molecule has 21 heavy (non-hydrogen) atoms. The van der Waals surface area contributed by atoms with Crippen LogP contribution in [0.3, 0.4) is 0 Å². The number of rotatable bonds is 5. The van der Waals surface area contributed by atoms with E-state index in [0.717, 1.165) is 6.42 Å². The van der Waals surface area contributed by atoms with E-state index in [2.05, 4.69) is 12.2 Å². The van der Waals surface area contributed by atoms with Crippen LogP contribution in [0.25, 0.3) is 0 Å². The molecule has 1 fully saturated rings. The SMILES string of the molecule is CC(=O)c1cccc(OCC(=O)NC2CCCCC2C)c1. The lowest BCUT2D eigenvalue weighted by molar-refractivity contribution is -0.124. The zero-order valence-electron chi connectivity index (χ0n) is 12.7. The summed E-state index contributed by atoms with van der Waals surface area (Å²) in [6.45, 7) is 3.68. The molecule has 0 aliphatic heterocycles. The van der Waals surface area contributed by atoms with Gasteiger partial charge in [0.25, 0.3) is 5.91 Å². The molecule has 0 aromatic heterocycles. The van der Waals surface area contributed by atoms with Gasteiger partial charge in [0.05, 0.1) is 0 Å². The van der Waals surface area contributed by atoms with Gasteiger partial charge in [0, 0.05) is 11.6 Å². The summed E-state index contributed by atoms with van der Waals surface area (Å²) in [5.41, 5.74) is 0.591. The van der Waals surface area contributed by atoms with E-state index < -0.39 is 0 Å². The minimum atomic E-state index is -0.0954. The summed E-state index contributed by atoms with van der Waals surface area (Å²) in [7, 11) is 0. The third-order valence-electron chi connectivity index (χ3n) is 4.07. The molecule has 0 spiro atoms. The second-order valence-electron chi connectivity index (χ2n) is 5.81. The monoisotopic (exact) mass is 289 g/mol. The number of nitrogens with one attached hydrogen (secondary N) is 1. The largest absolute Gasteiger partial charge is 0.484 e. The Hall–Kier alpha value is -1.84. The minimum absolute atomic E-state index is 0.00935. The van der Waals surface area contributed by atoms with E-state index in [4.69, 9.17) is 4.74 Å². The molecule has 1 aliphatic rings. The van der Waals surface area contributed by atoms with Crippen molar-refractivity contribution in [3.63, 3.8) is 0 Å². The maximum Gasteiger partial charge on any atom is 0.258 e. The summed E-state index contributed by atoms with van der Waals surface area (Å²) in [5, 5.41) is 3.05. The maximum atomic E-state index is 11.9. The fraction of sp³-hybridized carbons (Fsp3) is 0.529. The second kappa shape index (κ2) is 7.25. The Labute approximate surface area is 125 Å². The van der Waals surface area contributed by atoms with Crippen molar-refractivity contribution in [2.45, 2.75) is 45.6 Å². The standard InChI is InChI=1S/C17H23NO3/c1-12-6-3-4-9-16(12)18-17(20)11-21-15-8-5-7-14(10-15)13(2)19/h5,7-8,10,12,16H,3-4,6,9,11H2,1-2H3,(H,18,20). The summed E-state index contributed by atoms with van der Waals surface area (Å²) in [6.07, 6.45) is 4.65. The molecule has 2 rings (SSSR count). The quantitative estimate of drug-likeness (QED) is 0.848. The molecule has 2 atom stereocenters. The Morgan fingerprint density at radius 2 is 2.05 bits per heavy atom. The van der Waals surface area contributed by atoms with Crippen molar-refractivity contribution >= 4 is 11.7 Å². The van der Waals surface area contributed by atoms with Gasteiger partial charge in [-0.15, -0.1) is 0 Å². The summed E-state index contributed by atoms with van der Waals surface area (Å²) in [4.78, 5) is 23.2. The molecule has 1 aliphatic carbocycles. The van der Waals surface area contributed by atoms with Crippen LogP contribution >= 0.6 is 0 Å². The molecule has 114 valence electrons. The molecular weight excluding hydrogens is 266 g/mol. The third kappa shape index (κ3) is 4.59. The molecule has 0 radical (unpaired) electrons. The normalized spacial score (nSPS) is 21.6. The lowest BCUT2D eigenvalue weighted by Crippen LogP contribution is -2.43. The second-order valence-corrected chi connectivity index (χ2v) is 5.81.